The predicted octanol–water partition coefficient (Wildman–Crippen LogP) is 4.58. The van der Waals surface area contributed by atoms with Gasteiger partial charge in [-0.1, -0.05) is 15.9 Å². The maximum absolute atomic E-state index is 11.5. The van der Waals surface area contributed by atoms with Crippen molar-refractivity contribution in [1.29, 1.82) is 0 Å². The second-order valence-corrected chi connectivity index (χ2v) is 5.55. The molecule has 0 radical (unpaired) electrons. The average Bonchev–Trinajstić information content (AvgIpc) is 2.43. The van der Waals surface area contributed by atoms with Crippen LogP contribution >= 0.6 is 31.9 Å². The number of hydrogen-bond donors (Lipinski definition) is 0. The molecule has 0 bridgehead atoms. The zero-order valence-corrected chi connectivity index (χ0v) is 13.8. The van der Waals surface area contributed by atoms with Gasteiger partial charge in [-0.2, -0.15) is 0 Å². The molecule has 0 aliphatic heterocycles. The monoisotopic (exact) mass is 399 g/mol. The predicted molar refractivity (Wildman–Crippen MR) is 82.1 cm³/mol. The molecule has 0 unspecified atom stereocenters. The topological polar surface area (TPSA) is 48.4 Å². The standard InChI is InChI=1S/C14H11Br2NO3/c1-2-19-14(18)9-3-6-13(17-8-9)20-12-5-4-10(15)7-11(12)16/h3-8H,2H2,1H3. The molecular weight excluding hydrogens is 390 g/mol. The second kappa shape index (κ2) is 6.85. The summed E-state index contributed by atoms with van der Waals surface area (Å²) >= 11 is 6.78. The van der Waals surface area contributed by atoms with Crippen LogP contribution in [0.3, 0.4) is 0 Å². The van der Waals surface area contributed by atoms with Crippen molar-refractivity contribution in [1.82, 2.24) is 4.98 Å². The quantitative estimate of drug-likeness (QED) is 0.705. The number of esters is 1. The van der Waals surface area contributed by atoms with Crippen LogP contribution in [-0.2, 0) is 4.74 Å². The third kappa shape index (κ3) is 3.80. The molecular formula is C14H11Br2NO3. The third-order valence-electron chi connectivity index (χ3n) is 2.36. The maximum Gasteiger partial charge on any atom is 0.339 e. The molecule has 0 fully saturated rings. The molecule has 1 heterocycles. The van der Waals surface area contributed by atoms with E-state index in [1.165, 1.54) is 6.20 Å². The fourth-order valence-electron chi connectivity index (χ4n) is 1.45. The van der Waals surface area contributed by atoms with Crippen LogP contribution in [0.4, 0.5) is 0 Å². The van der Waals surface area contributed by atoms with Gasteiger partial charge in [0.1, 0.15) is 5.75 Å². The van der Waals surface area contributed by atoms with Gasteiger partial charge in [-0.25, -0.2) is 9.78 Å². The highest BCUT2D eigenvalue weighted by Crippen LogP contribution is 2.31. The van der Waals surface area contributed by atoms with Crippen molar-refractivity contribution in [2.24, 2.45) is 0 Å². The van der Waals surface area contributed by atoms with E-state index in [-0.39, 0.29) is 0 Å². The van der Waals surface area contributed by atoms with Gasteiger partial charge in [-0.05, 0) is 47.1 Å². The van der Waals surface area contributed by atoms with Crippen LogP contribution in [-0.4, -0.2) is 17.6 Å². The van der Waals surface area contributed by atoms with Gasteiger partial charge >= 0.3 is 5.97 Å². The lowest BCUT2D eigenvalue weighted by atomic mass is 10.3. The van der Waals surface area contributed by atoms with E-state index < -0.39 is 5.97 Å². The maximum atomic E-state index is 11.5. The summed E-state index contributed by atoms with van der Waals surface area (Å²) in [5.74, 6) is 0.655. The second-order valence-electron chi connectivity index (χ2n) is 3.78. The van der Waals surface area contributed by atoms with E-state index in [9.17, 15) is 4.79 Å². The van der Waals surface area contributed by atoms with Crippen molar-refractivity contribution in [3.63, 3.8) is 0 Å². The molecule has 0 atom stereocenters. The van der Waals surface area contributed by atoms with Crippen LogP contribution in [0, 0.1) is 0 Å². The first-order valence-electron chi connectivity index (χ1n) is 5.86. The van der Waals surface area contributed by atoms with E-state index in [1.54, 1.807) is 19.1 Å². The fraction of sp³-hybridized carbons (Fsp3) is 0.143. The number of halogens is 2. The molecule has 1 aromatic carbocycles. The minimum Gasteiger partial charge on any atom is -0.462 e. The number of benzene rings is 1. The lowest BCUT2D eigenvalue weighted by Crippen LogP contribution is -2.04. The van der Waals surface area contributed by atoms with E-state index in [0.717, 1.165) is 8.95 Å². The third-order valence-corrected chi connectivity index (χ3v) is 3.47. The van der Waals surface area contributed by atoms with Crippen LogP contribution in [0.25, 0.3) is 0 Å². The summed E-state index contributed by atoms with van der Waals surface area (Å²) in [5.41, 5.74) is 0.397. The normalized spacial score (nSPS) is 10.2. The Labute approximate surface area is 133 Å². The Morgan fingerprint density at radius 2 is 2.05 bits per heavy atom. The lowest BCUT2D eigenvalue weighted by molar-refractivity contribution is 0.0526. The number of pyridine rings is 1. The number of carbonyl (C=O) groups excluding carboxylic acids is 1. The van der Waals surface area contributed by atoms with Crippen LogP contribution < -0.4 is 4.74 Å². The zero-order chi connectivity index (χ0) is 14.5. The van der Waals surface area contributed by atoms with Crippen molar-refractivity contribution in [3.8, 4) is 11.6 Å². The highest BCUT2D eigenvalue weighted by Gasteiger charge is 2.08. The molecule has 2 aromatic rings. The van der Waals surface area contributed by atoms with Crippen molar-refractivity contribution in [2.75, 3.05) is 6.61 Å². The molecule has 0 spiro atoms. The summed E-state index contributed by atoms with van der Waals surface area (Å²) in [6, 6.07) is 8.80. The minimum absolute atomic E-state index is 0.336. The molecule has 4 nitrogen and oxygen atoms in total. The number of rotatable bonds is 4. The zero-order valence-electron chi connectivity index (χ0n) is 10.6. The molecule has 0 N–H and O–H groups in total. The molecule has 20 heavy (non-hydrogen) atoms. The number of aromatic nitrogens is 1. The fourth-order valence-corrected chi connectivity index (χ4v) is 2.57. The number of ether oxygens (including phenoxy) is 2. The van der Waals surface area contributed by atoms with E-state index in [1.807, 2.05) is 18.2 Å². The average molecular weight is 401 g/mol. The van der Waals surface area contributed by atoms with Crippen LogP contribution in [0.1, 0.15) is 17.3 Å². The first-order chi connectivity index (χ1) is 9.60. The molecule has 0 aliphatic rings. The van der Waals surface area contributed by atoms with Crippen molar-refractivity contribution in [2.45, 2.75) is 6.92 Å². The molecule has 0 amide bonds. The van der Waals surface area contributed by atoms with Gasteiger partial charge in [0, 0.05) is 16.7 Å². The number of hydrogen-bond acceptors (Lipinski definition) is 4. The van der Waals surface area contributed by atoms with Gasteiger partial charge in [0.2, 0.25) is 5.88 Å². The van der Waals surface area contributed by atoms with Crippen molar-refractivity contribution < 1.29 is 14.3 Å². The van der Waals surface area contributed by atoms with Gasteiger partial charge in [0.15, 0.2) is 0 Å². The molecule has 0 saturated heterocycles. The first kappa shape index (κ1) is 15.0. The van der Waals surface area contributed by atoms with Gasteiger partial charge < -0.3 is 9.47 Å². The summed E-state index contributed by atoms with van der Waals surface area (Å²) in [6.07, 6.45) is 1.43. The van der Waals surface area contributed by atoms with E-state index in [0.29, 0.717) is 23.8 Å². The number of nitrogens with zero attached hydrogens (tertiary/aromatic N) is 1. The molecule has 0 aliphatic carbocycles. The molecule has 2 rings (SSSR count). The van der Waals surface area contributed by atoms with Gasteiger partial charge in [0.05, 0.1) is 16.6 Å². The molecule has 1 aromatic heterocycles. The Hall–Kier alpha value is -1.40. The Kier molecular flexibility index (Phi) is 5.14. The van der Waals surface area contributed by atoms with E-state index in [4.69, 9.17) is 9.47 Å². The number of carbonyl (C=O) groups is 1. The summed E-state index contributed by atoms with van der Waals surface area (Å²) in [4.78, 5) is 15.6. The molecule has 0 saturated carbocycles. The smallest absolute Gasteiger partial charge is 0.339 e. The summed E-state index contributed by atoms with van der Waals surface area (Å²) in [5, 5.41) is 0. The van der Waals surface area contributed by atoms with Gasteiger partial charge in [0.25, 0.3) is 0 Å². The largest absolute Gasteiger partial charge is 0.462 e. The van der Waals surface area contributed by atoms with Gasteiger partial charge in [-0.15, -0.1) is 0 Å². The minimum atomic E-state index is -0.392. The van der Waals surface area contributed by atoms with E-state index in [2.05, 4.69) is 36.8 Å². The van der Waals surface area contributed by atoms with Crippen molar-refractivity contribution >= 4 is 37.8 Å². The Morgan fingerprint density at radius 1 is 1.25 bits per heavy atom. The van der Waals surface area contributed by atoms with Crippen LogP contribution in [0.2, 0.25) is 0 Å². The summed E-state index contributed by atoms with van der Waals surface area (Å²) in [7, 11) is 0. The lowest BCUT2D eigenvalue weighted by Gasteiger charge is -2.07. The first-order valence-corrected chi connectivity index (χ1v) is 7.45. The molecule has 6 heteroatoms. The van der Waals surface area contributed by atoms with Gasteiger partial charge in [-0.3, -0.25) is 0 Å². The van der Waals surface area contributed by atoms with Crippen LogP contribution in [0.15, 0.2) is 45.5 Å². The van der Waals surface area contributed by atoms with Crippen LogP contribution in [0.5, 0.6) is 11.6 Å². The van der Waals surface area contributed by atoms with Crippen molar-refractivity contribution in [3.05, 3.63) is 51.0 Å². The van der Waals surface area contributed by atoms with E-state index >= 15 is 0 Å². The highest BCUT2D eigenvalue weighted by molar-refractivity contribution is 9.11. The Bertz CT molecular complexity index is 614. The highest BCUT2D eigenvalue weighted by atomic mass is 79.9. The summed E-state index contributed by atoms with van der Waals surface area (Å²) < 4.78 is 12.3. The Morgan fingerprint density at radius 3 is 2.65 bits per heavy atom. The Balaban J connectivity index is 2.12. The molecule has 104 valence electrons. The summed E-state index contributed by atoms with van der Waals surface area (Å²) in [6.45, 7) is 2.09. The SMILES string of the molecule is CCOC(=O)c1ccc(Oc2ccc(Br)cc2Br)nc1.